The van der Waals surface area contributed by atoms with Crippen LogP contribution >= 0.6 is 15.6 Å². The molecule has 0 aromatic carbocycles. The Kier molecular flexibility index (Phi) is 9.25. The number of aliphatic hydroxyl groups is 3. The average molecular weight is 587 g/mol. The molecule has 1 aromatic heterocycles. The molecule has 0 saturated carbocycles. The number of hydrogen-bond donors (Lipinski definition) is 5. The molecule has 21 heteroatoms. The number of nitrogens with one attached hydrogen (secondary N) is 2. The second-order valence-corrected chi connectivity index (χ2v) is 11.1. The predicted octanol–water partition coefficient (Wildman–Crippen LogP) is -4.68. The van der Waals surface area contributed by atoms with Crippen molar-refractivity contribution >= 4 is 27.3 Å². The van der Waals surface area contributed by atoms with Gasteiger partial charge in [0.15, 0.2) is 18.3 Å². The molecule has 19 nitrogen and oxygen atoms in total. The van der Waals surface area contributed by atoms with Crippen LogP contribution in [0.25, 0.3) is 0 Å². The van der Waals surface area contributed by atoms with Gasteiger partial charge in [-0.1, -0.05) is 0 Å². The van der Waals surface area contributed by atoms with Crippen molar-refractivity contribution in [3.05, 3.63) is 33.1 Å². The van der Waals surface area contributed by atoms with Crippen LogP contribution in [-0.2, 0) is 41.6 Å². The summed E-state index contributed by atoms with van der Waals surface area (Å²) >= 11 is 0. The molecule has 2 unspecified atom stereocenters. The summed E-state index contributed by atoms with van der Waals surface area (Å²) in [6.45, 7) is 1.01. The van der Waals surface area contributed by atoms with Gasteiger partial charge in [-0.05, 0) is 6.92 Å². The number of aromatic nitrogens is 2. The Morgan fingerprint density at radius 1 is 1.16 bits per heavy atom. The SMILES string of the molecule is CC(=O)N[C@H]1[C@@H](OP(=O)([O-])OP(=O)([O-])OC[C@H]2O[C@@H](n3ccc(=O)[nH]c3=O)[C@H](O)[C@@H]2O)O[C@@H](C)C(=O)[C@@H]1O. The van der Waals surface area contributed by atoms with Crippen molar-refractivity contribution in [2.75, 3.05) is 6.61 Å². The van der Waals surface area contributed by atoms with Crippen LogP contribution in [0.1, 0.15) is 20.1 Å². The van der Waals surface area contributed by atoms with E-state index in [1.165, 1.54) is 0 Å². The van der Waals surface area contributed by atoms with Gasteiger partial charge < -0.3 is 44.4 Å². The number of carbonyl (C=O) groups excluding carboxylic acids is 2. The van der Waals surface area contributed by atoms with Gasteiger partial charge in [0.1, 0.15) is 36.6 Å². The Balaban J connectivity index is 1.65. The Labute approximate surface area is 212 Å². The molecule has 1 aromatic rings. The number of phosphoric ester groups is 2. The molecule has 214 valence electrons. The lowest BCUT2D eigenvalue weighted by molar-refractivity contribution is -0.266. The highest BCUT2D eigenvalue weighted by Crippen LogP contribution is 2.56. The van der Waals surface area contributed by atoms with Crippen molar-refractivity contribution in [1.82, 2.24) is 14.9 Å². The third-order valence-corrected chi connectivity index (χ3v) is 7.86. The van der Waals surface area contributed by atoms with Crippen molar-refractivity contribution in [2.45, 2.75) is 62.9 Å². The fourth-order valence-corrected chi connectivity index (χ4v) is 5.66. The first kappa shape index (κ1) is 30.4. The second kappa shape index (κ2) is 11.5. The van der Waals surface area contributed by atoms with E-state index in [2.05, 4.69) is 13.4 Å². The average Bonchev–Trinajstić information content (AvgIpc) is 3.06. The second-order valence-electron chi connectivity index (χ2n) is 8.16. The molecule has 3 rings (SSSR count). The minimum Gasteiger partial charge on any atom is -0.756 e. The lowest BCUT2D eigenvalue weighted by Crippen LogP contribution is -2.61. The van der Waals surface area contributed by atoms with E-state index in [4.69, 9.17) is 9.47 Å². The molecule has 2 aliphatic heterocycles. The normalized spacial score (nSPS) is 34.9. The molecule has 5 N–H and O–H groups in total. The number of nitrogens with zero attached hydrogens (tertiary/aromatic N) is 1. The van der Waals surface area contributed by atoms with Crippen molar-refractivity contribution in [3.63, 3.8) is 0 Å². The number of hydrogen-bond acceptors (Lipinski definition) is 16. The van der Waals surface area contributed by atoms with Crippen LogP contribution in [0, 0.1) is 0 Å². The number of ether oxygens (including phenoxy) is 2. The van der Waals surface area contributed by atoms with E-state index in [0.29, 0.717) is 4.57 Å². The number of rotatable bonds is 9. The molecule has 0 aliphatic carbocycles. The van der Waals surface area contributed by atoms with Gasteiger partial charge in [0.2, 0.25) is 5.91 Å². The maximum Gasteiger partial charge on any atom is 0.330 e. The van der Waals surface area contributed by atoms with Crippen LogP contribution in [0.15, 0.2) is 21.9 Å². The zero-order valence-corrected chi connectivity index (χ0v) is 21.3. The highest BCUT2D eigenvalue weighted by Gasteiger charge is 2.46. The zero-order valence-electron chi connectivity index (χ0n) is 19.5. The number of H-pyrrole nitrogens is 1. The maximum atomic E-state index is 12.2. The third kappa shape index (κ3) is 7.09. The summed E-state index contributed by atoms with van der Waals surface area (Å²) in [5.41, 5.74) is -1.77. The van der Waals surface area contributed by atoms with E-state index in [1.807, 2.05) is 10.3 Å². The van der Waals surface area contributed by atoms with Crippen molar-refractivity contribution in [3.8, 4) is 0 Å². The largest absolute Gasteiger partial charge is 0.756 e. The van der Waals surface area contributed by atoms with Gasteiger partial charge in [0.05, 0.1) is 6.61 Å². The van der Waals surface area contributed by atoms with Gasteiger partial charge >= 0.3 is 5.69 Å². The van der Waals surface area contributed by atoms with Crippen LogP contribution < -0.4 is 26.4 Å². The van der Waals surface area contributed by atoms with Gasteiger partial charge in [0, 0.05) is 19.2 Å². The molecule has 2 aliphatic rings. The van der Waals surface area contributed by atoms with Gasteiger partial charge in [-0.15, -0.1) is 0 Å². The summed E-state index contributed by atoms with van der Waals surface area (Å²) < 4.78 is 48.2. The van der Waals surface area contributed by atoms with Gasteiger partial charge in [0.25, 0.3) is 21.2 Å². The third-order valence-electron chi connectivity index (χ3n) is 5.33. The van der Waals surface area contributed by atoms with Crippen molar-refractivity contribution in [1.29, 1.82) is 0 Å². The van der Waals surface area contributed by atoms with E-state index in [0.717, 1.165) is 26.1 Å². The summed E-state index contributed by atoms with van der Waals surface area (Å²) in [6.07, 6.45) is -11.3. The zero-order chi connectivity index (χ0) is 28.6. The summed E-state index contributed by atoms with van der Waals surface area (Å²) in [6, 6.07) is -0.827. The number of carbonyl (C=O) groups is 2. The lowest BCUT2D eigenvalue weighted by Gasteiger charge is -2.40. The first-order chi connectivity index (χ1) is 17.5. The molecule has 2 fully saturated rings. The smallest absolute Gasteiger partial charge is 0.330 e. The molecule has 2 saturated heterocycles. The highest BCUT2D eigenvalue weighted by atomic mass is 31.3. The number of aliphatic hydroxyl groups excluding tert-OH is 3. The van der Waals surface area contributed by atoms with Crippen LogP contribution in [0.3, 0.4) is 0 Å². The summed E-state index contributed by atoms with van der Waals surface area (Å²) in [5.74, 6) is -1.73. The van der Waals surface area contributed by atoms with E-state index >= 15 is 0 Å². The van der Waals surface area contributed by atoms with Crippen LogP contribution in [-0.4, -0.2) is 86.0 Å². The van der Waals surface area contributed by atoms with Crippen LogP contribution in [0.5, 0.6) is 0 Å². The number of phosphoric acid groups is 2. The molecule has 0 radical (unpaired) electrons. The topological polar surface area (TPSA) is 288 Å². The van der Waals surface area contributed by atoms with E-state index < -0.39 is 94.3 Å². The first-order valence-corrected chi connectivity index (χ1v) is 13.6. The van der Waals surface area contributed by atoms with Crippen LogP contribution in [0.4, 0.5) is 0 Å². The van der Waals surface area contributed by atoms with Gasteiger partial charge in [-0.2, -0.15) is 0 Å². The molecule has 0 spiro atoms. The molecule has 38 heavy (non-hydrogen) atoms. The highest BCUT2D eigenvalue weighted by molar-refractivity contribution is 7.59. The Morgan fingerprint density at radius 3 is 2.42 bits per heavy atom. The predicted molar refractivity (Wildman–Crippen MR) is 114 cm³/mol. The van der Waals surface area contributed by atoms with Gasteiger partial charge in [-0.25, -0.2) is 9.11 Å². The molecule has 10 atom stereocenters. The Bertz CT molecular complexity index is 1270. The fourth-order valence-electron chi connectivity index (χ4n) is 3.57. The van der Waals surface area contributed by atoms with Gasteiger partial charge in [-0.3, -0.25) is 37.6 Å². The Morgan fingerprint density at radius 2 is 1.82 bits per heavy atom. The minimum absolute atomic E-state index is 0.706. The summed E-state index contributed by atoms with van der Waals surface area (Å²) in [4.78, 5) is 72.6. The number of amides is 1. The maximum absolute atomic E-state index is 12.2. The number of ketones is 1. The standard InChI is InChI=1S/C17H25N3O16P2/c1-6-11(23)13(25)10(18-7(2)21)16(33-6)35-38(30,31)36-37(28,29)32-5-8-12(24)14(26)15(34-8)20-4-3-9(22)19-17(20)27/h3-4,6,8,10,12-16,24-26H,5H2,1-2H3,(H,18,21)(H,28,29)(H,30,31)(H,19,22,27)/p-2/t6-,8+,10+,12+,13+,14+,15+,16+/m0/s1. The molecule has 3 heterocycles. The van der Waals surface area contributed by atoms with Crippen LogP contribution in [0.2, 0.25) is 0 Å². The van der Waals surface area contributed by atoms with Crippen molar-refractivity contribution < 1.29 is 66.7 Å². The quantitative estimate of drug-likeness (QED) is 0.170. The number of aromatic amines is 1. The van der Waals surface area contributed by atoms with Crippen molar-refractivity contribution in [2.24, 2.45) is 0 Å². The molecular formula is C17H23N3O16P2-2. The van der Waals surface area contributed by atoms with E-state index in [9.17, 15) is 53.4 Å². The Hall–Kier alpha value is -2.12. The molecule has 0 bridgehead atoms. The molecular weight excluding hydrogens is 564 g/mol. The molecule has 1 amide bonds. The first-order valence-electron chi connectivity index (χ1n) is 10.6. The summed E-state index contributed by atoms with van der Waals surface area (Å²) in [7, 11) is -11.7. The van der Waals surface area contributed by atoms with E-state index in [1.54, 1.807) is 0 Å². The van der Waals surface area contributed by atoms with E-state index in [-0.39, 0.29) is 0 Å². The lowest BCUT2D eigenvalue weighted by atomic mass is 9.99. The minimum atomic E-state index is -5.88. The fraction of sp³-hybridized carbons (Fsp3) is 0.647. The monoisotopic (exact) mass is 587 g/mol. The number of Topliss-reactive ketones (excluding diaryl/α,β-unsaturated/α-hetero) is 1. The summed E-state index contributed by atoms with van der Waals surface area (Å²) in [5, 5.41) is 32.4.